The quantitative estimate of drug-likeness (QED) is 0.514. The zero-order chi connectivity index (χ0) is 23.3. The fourth-order valence-corrected chi connectivity index (χ4v) is 3.27. The number of aliphatic imine (C=N–C) groups is 1. The van der Waals surface area contributed by atoms with Gasteiger partial charge in [0.1, 0.15) is 11.3 Å². The Balaban J connectivity index is 1.74. The van der Waals surface area contributed by atoms with Crippen molar-refractivity contribution in [1.82, 2.24) is 0 Å². The van der Waals surface area contributed by atoms with E-state index in [-0.39, 0.29) is 11.5 Å². The first kappa shape index (κ1) is 23.6. The maximum atomic E-state index is 12.9. The van der Waals surface area contributed by atoms with E-state index in [0.29, 0.717) is 16.7 Å². The van der Waals surface area contributed by atoms with Crippen molar-refractivity contribution in [2.75, 3.05) is 5.32 Å². The molecule has 1 unspecified atom stereocenters. The average Bonchev–Trinajstić information content (AvgIpc) is 2.72. The van der Waals surface area contributed by atoms with Crippen molar-refractivity contribution in [1.29, 1.82) is 0 Å². The van der Waals surface area contributed by atoms with E-state index in [1.807, 2.05) is 32.1 Å². The molecule has 8 heteroatoms. The van der Waals surface area contributed by atoms with Gasteiger partial charge in [-0.05, 0) is 67.3 Å². The fraction of sp³-hybridized carbons (Fsp3) is 0.250. The third-order valence-corrected chi connectivity index (χ3v) is 4.98. The first-order valence-electron chi connectivity index (χ1n) is 9.99. The smallest absolute Gasteiger partial charge is 0.416 e. The molecule has 2 aromatic rings. The summed E-state index contributed by atoms with van der Waals surface area (Å²) in [5.74, 6) is -0.0145. The van der Waals surface area contributed by atoms with Crippen LogP contribution in [0.25, 0.3) is 0 Å². The Labute approximate surface area is 189 Å². The molecule has 2 atom stereocenters. The second kappa shape index (κ2) is 10.0. The summed E-state index contributed by atoms with van der Waals surface area (Å²) in [6.07, 6.45) is 1.45. The Bertz CT molecular complexity index is 1080. The van der Waals surface area contributed by atoms with Crippen LogP contribution < -0.4 is 5.32 Å². The molecule has 1 heterocycles. The molecule has 0 fully saturated rings. The van der Waals surface area contributed by atoms with E-state index < -0.39 is 23.8 Å². The molecule has 1 N–H and O–H groups in total. The van der Waals surface area contributed by atoms with Gasteiger partial charge in [-0.25, -0.2) is 4.99 Å². The highest BCUT2D eigenvalue weighted by Gasteiger charge is 2.30. The highest BCUT2D eigenvalue weighted by molar-refractivity contribution is 6.68. The van der Waals surface area contributed by atoms with Crippen molar-refractivity contribution >= 4 is 28.4 Å². The molecule has 0 aromatic heterocycles. The van der Waals surface area contributed by atoms with E-state index >= 15 is 0 Å². The van der Waals surface area contributed by atoms with Crippen LogP contribution in [0.5, 0.6) is 0 Å². The zero-order valence-electron chi connectivity index (χ0n) is 17.5. The summed E-state index contributed by atoms with van der Waals surface area (Å²) in [5, 5.41) is 2.95. The minimum absolute atomic E-state index is 0.0831. The van der Waals surface area contributed by atoms with Gasteiger partial charge in [0.2, 0.25) is 5.88 Å². The van der Waals surface area contributed by atoms with Gasteiger partial charge in [0.15, 0.2) is 0 Å². The topological polar surface area (TPSA) is 50.7 Å². The van der Waals surface area contributed by atoms with Crippen molar-refractivity contribution < 1.29 is 22.7 Å². The van der Waals surface area contributed by atoms with Crippen molar-refractivity contribution in [3.63, 3.8) is 0 Å². The first-order valence-corrected chi connectivity index (χ1v) is 10.4. The Hall–Kier alpha value is -3.06. The Morgan fingerprint density at radius 1 is 1.22 bits per heavy atom. The van der Waals surface area contributed by atoms with Crippen LogP contribution >= 0.6 is 11.6 Å². The standard InChI is InChI=1S/C24H22ClF3N2O2/c1-15-6-3-11-21(25)30-22(12-15)32-16(2)17-7-5-10-20(14-17)29-23(31)18-8-4-9-19(13-18)24(26,27)28/h3-5,7-16H,6H2,1-2H3,(H,29,31)/b11-3+,22-12+,30-21+/t15?,16-/m1/s1. The lowest BCUT2D eigenvalue weighted by molar-refractivity contribution is -0.137. The van der Waals surface area contributed by atoms with Crippen molar-refractivity contribution in [3.05, 3.63) is 89.3 Å². The number of halogens is 4. The predicted molar refractivity (Wildman–Crippen MR) is 120 cm³/mol. The second-order valence-electron chi connectivity index (χ2n) is 7.47. The molecule has 0 spiro atoms. The number of nitrogens with one attached hydrogen (secondary N) is 1. The van der Waals surface area contributed by atoms with E-state index in [9.17, 15) is 18.0 Å². The number of ether oxygens (including phenoxy) is 1. The average molecular weight is 463 g/mol. The molecule has 0 radical (unpaired) electrons. The Morgan fingerprint density at radius 3 is 2.72 bits per heavy atom. The normalized spacial score (nSPS) is 21.8. The van der Waals surface area contributed by atoms with Crippen LogP contribution in [0.15, 0.2) is 77.6 Å². The predicted octanol–water partition coefficient (Wildman–Crippen LogP) is 7.11. The van der Waals surface area contributed by atoms with Gasteiger partial charge in [0.25, 0.3) is 5.91 Å². The summed E-state index contributed by atoms with van der Waals surface area (Å²) < 4.78 is 44.7. The molecule has 2 aromatic carbocycles. The summed E-state index contributed by atoms with van der Waals surface area (Å²) in [4.78, 5) is 16.7. The Kier molecular flexibility index (Phi) is 7.40. The highest BCUT2D eigenvalue weighted by atomic mass is 35.5. The second-order valence-corrected chi connectivity index (χ2v) is 7.86. The minimum Gasteiger partial charge on any atom is -0.470 e. The summed E-state index contributed by atoms with van der Waals surface area (Å²) >= 11 is 6.07. The zero-order valence-corrected chi connectivity index (χ0v) is 18.2. The van der Waals surface area contributed by atoms with Gasteiger partial charge in [-0.2, -0.15) is 13.2 Å². The molecule has 1 amide bonds. The summed E-state index contributed by atoms with van der Waals surface area (Å²) in [5.41, 5.74) is 0.228. The molecular formula is C24H22ClF3N2O2. The largest absolute Gasteiger partial charge is 0.470 e. The monoisotopic (exact) mass is 462 g/mol. The van der Waals surface area contributed by atoms with Gasteiger partial charge in [0, 0.05) is 11.3 Å². The van der Waals surface area contributed by atoms with Crippen LogP contribution in [0.4, 0.5) is 18.9 Å². The lowest BCUT2D eigenvalue weighted by Gasteiger charge is -2.18. The van der Waals surface area contributed by atoms with E-state index in [1.165, 1.54) is 12.1 Å². The van der Waals surface area contributed by atoms with Crippen molar-refractivity contribution in [3.8, 4) is 0 Å². The molecule has 3 rings (SSSR count). The molecular weight excluding hydrogens is 441 g/mol. The molecule has 0 saturated heterocycles. The van der Waals surface area contributed by atoms with Gasteiger partial charge in [-0.1, -0.05) is 42.8 Å². The molecule has 4 nitrogen and oxygen atoms in total. The van der Waals surface area contributed by atoms with Gasteiger partial charge >= 0.3 is 6.18 Å². The number of alkyl halides is 3. The summed E-state index contributed by atoms with van der Waals surface area (Å²) in [6, 6.07) is 11.2. The number of carbonyl (C=O) groups excluding carboxylic acids is 1. The van der Waals surface area contributed by atoms with Gasteiger partial charge in [0.05, 0.1) is 5.56 Å². The number of carbonyl (C=O) groups is 1. The SMILES string of the molecule is CC1\C=C(O[C@H](C)c2cccc(NC(=O)c3cccc(C(F)(F)F)c3)c2)/N=C(Cl)\C=C\C1. The minimum atomic E-state index is -4.52. The van der Waals surface area contributed by atoms with Crippen LogP contribution in [-0.4, -0.2) is 11.1 Å². The van der Waals surface area contributed by atoms with E-state index in [0.717, 1.165) is 24.1 Å². The Morgan fingerprint density at radius 2 is 1.97 bits per heavy atom. The van der Waals surface area contributed by atoms with Crippen LogP contribution in [0.1, 0.15) is 47.9 Å². The van der Waals surface area contributed by atoms with Crippen LogP contribution in [0, 0.1) is 5.92 Å². The third kappa shape index (κ3) is 6.47. The molecule has 1 aliphatic rings. The van der Waals surface area contributed by atoms with Crippen molar-refractivity contribution in [2.24, 2.45) is 10.9 Å². The van der Waals surface area contributed by atoms with Crippen LogP contribution in [0.2, 0.25) is 0 Å². The first-order chi connectivity index (χ1) is 15.1. The van der Waals surface area contributed by atoms with Gasteiger partial charge in [-0.3, -0.25) is 4.79 Å². The van der Waals surface area contributed by atoms with E-state index in [1.54, 1.807) is 24.3 Å². The number of benzene rings is 2. The van der Waals surface area contributed by atoms with E-state index in [2.05, 4.69) is 10.3 Å². The van der Waals surface area contributed by atoms with Crippen molar-refractivity contribution in [2.45, 2.75) is 32.5 Å². The van der Waals surface area contributed by atoms with Gasteiger partial charge < -0.3 is 10.1 Å². The molecule has 0 bridgehead atoms. The number of rotatable bonds is 5. The molecule has 168 valence electrons. The number of hydrogen-bond acceptors (Lipinski definition) is 3. The number of hydrogen-bond donors (Lipinski definition) is 1. The molecule has 0 aliphatic carbocycles. The van der Waals surface area contributed by atoms with E-state index in [4.69, 9.17) is 16.3 Å². The fourth-order valence-electron chi connectivity index (χ4n) is 3.10. The number of anilines is 1. The number of nitrogens with zero attached hydrogens (tertiary/aromatic N) is 1. The van der Waals surface area contributed by atoms with Crippen LogP contribution in [-0.2, 0) is 10.9 Å². The van der Waals surface area contributed by atoms with Crippen LogP contribution in [0.3, 0.4) is 0 Å². The lowest BCUT2D eigenvalue weighted by Crippen LogP contribution is -2.14. The third-order valence-electron chi connectivity index (χ3n) is 4.77. The van der Waals surface area contributed by atoms with Gasteiger partial charge in [-0.15, -0.1) is 0 Å². The lowest BCUT2D eigenvalue weighted by atomic mass is 10.1. The maximum absolute atomic E-state index is 12.9. The summed E-state index contributed by atoms with van der Waals surface area (Å²) in [6.45, 7) is 3.87. The highest BCUT2D eigenvalue weighted by Crippen LogP contribution is 2.30. The molecule has 0 saturated carbocycles. The summed E-state index contributed by atoms with van der Waals surface area (Å²) in [7, 11) is 0. The molecule has 1 aliphatic heterocycles. The number of amides is 1. The number of allylic oxidation sites excluding steroid dienone is 3. The molecule has 32 heavy (non-hydrogen) atoms. The maximum Gasteiger partial charge on any atom is 0.416 e.